The van der Waals surface area contributed by atoms with Crippen molar-refractivity contribution in [3.05, 3.63) is 76.8 Å². The Balaban J connectivity index is 2.23. The van der Waals surface area contributed by atoms with E-state index in [2.05, 4.69) is 0 Å². The molecule has 0 aromatic heterocycles. The minimum absolute atomic E-state index is 0.0434. The van der Waals surface area contributed by atoms with Crippen LogP contribution in [0.3, 0.4) is 0 Å². The third-order valence-corrected chi connectivity index (χ3v) is 5.02. The molecule has 20 heavy (non-hydrogen) atoms. The number of hydrogen-bond donors (Lipinski definition) is 0. The van der Waals surface area contributed by atoms with Gasteiger partial charge in [0.1, 0.15) is 0 Å². The summed E-state index contributed by atoms with van der Waals surface area (Å²) in [6.07, 6.45) is 1.48. The number of rotatable bonds is 5. The molecule has 0 spiro atoms. The summed E-state index contributed by atoms with van der Waals surface area (Å²) in [7, 11) is 0. The molecule has 0 saturated heterocycles. The van der Waals surface area contributed by atoms with Crippen LogP contribution in [0.2, 0.25) is 0 Å². The van der Waals surface area contributed by atoms with Crippen molar-refractivity contribution in [2.75, 3.05) is 0 Å². The molecule has 0 aliphatic carbocycles. The zero-order chi connectivity index (χ0) is 14.4. The predicted molar refractivity (Wildman–Crippen MR) is 81.4 cm³/mol. The van der Waals surface area contributed by atoms with Gasteiger partial charge in [-0.25, -0.2) is 0 Å². The Kier molecular flexibility index (Phi) is 5.05. The molecule has 0 unspecified atom stereocenters. The first-order chi connectivity index (χ1) is 9.66. The molecule has 3 heteroatoms. The third-order valence-electron chi connectivity index (χ3n) is 2.64. The van der Waals surface area contributed by atoms with Crippen LogP contribution in [0.4, 0.5) is 0 Å². The van der Waals surface area contributed by atoms with Gasteiger partial charge in [0.05, 0.1) is 0 Å². The maximum absolute atomic E-state index is 12.1. The van der Waals surface area contributed by atoms with Crippen molar-refractivity contribution in [2.24, 2.45) is 0 Å². The molecule has 2 aromatic rings. The molecule has 0 fully saturated rings. The normalized spacial score (nSPS) is 11.2. The van der Waals surface area contributed by atoms with Crippen LogP contribution in [0, 0.1) is 0 Å². The number of hydrogen-bond acceptors (Lipinski definition) is 2. The standard InChI is InChI=1S/C17H14O2Se/c1-13(18)17(20-15-10-6-3-7-11-15)12-16(19)14-8-4-2-5-9-14/h2-12H,1H3/b17-12+. The molecular weight excluding hydrogens is 315 g/mol. The molecule has 0 aliphatic heterocycles. The number of allylic oxidation sites excluding steroid dienone is 2. The Hall–Kier alpha value is -1.96. The Morgan fingerprint density at radius 3 is 2.00 bits per heavy atom. The Labute approximate surface area is 124 Å². The zero-order valence-electron chi connectivity index (χ0n) is 11.1. The summed E-state index contributed by atoms with van der Waals surface area (Å²) >= 11 is -0.141. The molecule has 0 N–H and O–H groups in total. The first-order valence-corrected chi connectivity index (χ1v) is 7.93. The molecule has 2 aromatic carbocycles. The van der Waals surface area contributed by atoms with E-state index in [4.69, 9.17) is 0 Å². The minimum atomic E-state index is -0.141. The van der Waals surface area contributed by atoms with Crippen LogP contribution in [0.25, 0.3) is 0 Å². The van der Waals surface area contributed by atoms with Crippen LogP contribution in [0.15, 0.2) is 71.2 Å². The summed E-state index contributed by atoms with van der Waals surface area (Å²) in [6, 6.07) is 18.8. The molecular formula is C17H14O2Se. The van der Waals surface area contributed by atoms with Crippen LogP contribution in [-0.2, 0) is 4.79 Å². The molecule has 0 aliphatic rings. The van der Waals surface area contributed by atoms with Crippen molar-refractivity contribution in [3.8, 4) is 0 Å². The van der Waals surface area contributed by atoms with Gasteiger partial charge in [0.25, 0.3) is 0 Å². The predicted octanol–water partition coefficient (Wildman–Crippen LogP) is 2.37. The van der Waals surface area contributed by atoms with E-state index < -0.39 is 0 Å². The van der Waals surface area contributed by atoms with Gasteiger partial charge < -0.3 is 0 Å². The fraction of sp³-hybridized carbons (Fsp3) is 0.0588. The number of benzene rings is 2. The first-order valence-electron chi connectivity index (χ1n) is 6.22. The summed E-state index contributed by atoms with van der Waals surface area (Å²) in [5, 5.41) is 0. The van der Waals surface area contributed by atoms with E-state index in [9.17, 15) is 9.59 Å². The third kappa shape index (κ3) is 4.02. The number of carbonyl (C=O) groups excluding carboxylic acids is 2. The van der Waals surface area contributed by atoms with Gasteiger partial charge in [-0.15, -0.1) is 0 Å². The van der Waals surface area contributed by atoms with Crippen LogP contribution < -0.4 is 4.46 Å². The van der Waals surface area contributed by atoms with Gasteiger partial charge in [-0.1, -0.05) is 0 Å². The summed E-state index contributed by atoms with van der Waals surface area (Å²) in [6.45, 7) is 1.51. The molecule has 0 radical (unpaired) electrons. The van der Waals surface area contributed by atoms with Gasteiger partial charge in [0.2, 0.25) is 0 Å². The molecule has 100 valence electrons. The van der Waals surface area contributed by atoms with Crippen molar-refractivity contribution < 1.29 is 9.59 Å². The van der Waals surface area contributed by atoms with Gasteiger partial charge in [-0.05, 0) is 0 Å². The van der Waals surface area contributed by atoms with Crippen LogP contribution in [0.1, 0.15) is 17.3 Å². The molecule has 0 bridgehead atoms. The summed E-state index contributed by atoms with van der Waals surface area (Å²) in [5.74, 6) is -0.160. The second-order valence-electron chi connectivity index (χ2n) is 4.21. The van der Waals surface area contributed by atoms with Crippen molar-refractivity contribution >= 4 is 31.0 Å². The molecule has 0 amide bonds. The van der Waals surface area contributed by atoms with Crippen molar-refractivity contribution in [1.29, 1.82) is 0 Å². The first kappa shape index (κ1) is 14.4. The fourth-order valence-electron chi connectivity index (χ4n) is 1.62. The van der Waals surface area contributed by atoms with Gasteiger partial charge in [0, 0.05) is 0 Å². The molecule has 0 atom stereocenters. The summed E-state index contributed by atoms with van der Waals surface area (Å²) in [5.41, 5.74) is 0.607. The quantitative estimate of drug-likeness (QED) is 0.479. The van der Waals surface area contributed by atoms with Gasteiger partial charge >= 0.3 is 124 Å². The van der Waals surface area contributed by atoms with E-state index in [-0.39, 0.29) is 26.5 Å². The Morgan fingerprint density at radius 2 is 1.45 bits per heavy atom. The van der Waals surface area contributed by atoms with E-state index in [0.29, 0.717) is 10.0 Å². The topological polar surface area (TPSA) is 34.1 Å². The van der Waals surface area contributed by atoms with E-state index in [0.717, 1.165) is 4.46 Å². The van der Waals surface area contributed by atoms with Gasteiger partial charge in [-0.3, -0.25) is 0 Å². The van der Waals surface area contributed by atoms with Crippen molar-refractivity contribution in [3.63, 3.8) is 0 Å². The average Bonchev–Trinajstić information content (AvgIpc) is 2.48. The van der Waals surface area contributed by atoms with E-state index in [1.54, 1.807) is 12.1 Å². The van der Waals surface area contributed by atoms with E-state index >= 15 is 0 Å². The average molecular weight is 329 g/mol. The monoisotopic (exact) mass is 330 g/mol. The molecule has 2 rings (SSSR count). The second-order valence-corrected chi connectivity index (χ2v) is 6.55. The molecule has 0 saturated carbocycles. The van der Waals surface area contributed by atoms with E-state index in [1.165, 1.54) is 13.0 Å². The Morgan fingerprint density at radius 1 is 0.900 bits per heavy atom. The van der Waals surface area contributed by atoms with Crippen LogP contribution in [-0.4, -0.2) is 26.5 Å². The maximum atomic E-state index is 12.1. The SMILES string of the molecule is CC(=O)/C(=C\C(=O)c1ccccc1)[Se]c1ccccc1. The van der Waals surface area contributed by atoms with Crippen molar-refractivity contribution in [2.45, 2.75) is 6.92 Å². The van der Waals surface area contributed by atoms with E-state index in [1.807, 2.05) is 48.5 Å². The Bertz CT molecular complexity index is 631. The second kappa shape index (κ2) is 6.99. The number of carbonyl (C=O) groups is 2. The van der Waals surface area contributed by atoms with Crippen LogP contribution >= 0.6 is 0 Å². The summed E-state index contributed by atoms with van der Waals surface area (Å²) < 4.78 is 1.68. The fourth-order valence-corrected chi connectivity index (χ4v) is 3.42. The van der Waals surface area contributed by atoms with Gasteiger partial charge in [0.15, 0.2) is 0 Å². The van der Waals surface area contributed by atoms with Crippen LogP contribution in [0.5, 0.6) is 0 Å². The number of ketones is 2. The number of Topliss-reactive ketones (excluding diaryl/α,β-unsaturated/α-hetero) is 1. The zero-order valence-corrected chi connectivity index (χ0v) is 12.8. The van der Waals surface area contributed by atoms with Gasteiger partial charge in [-0.2, -0.15) is 0 Å². The summed E-state index contributed by atoms with van der Waals surface area (Å²) in [4.78, 5) is 23.8. The molecule has 2 nitrogen and oxygen atoms in total. The molecule has 0 heterocycles. The van der Waals surface area contributed by atoms with Crippen molar-refractivity contribution in [1.82, 2.24) is 0 Å².